The molecular weight excluding hydrogens is 430 g/mol. The van der Waals surface area contributed by atoms with Crippen molar-refractivity contribution in [3.63, 3.8) is 0 Å². The van der Waals surface area contributed by atoms with Crippen LogP contribution in [-0.2, 0) is 22.7 Å². The largest absolute Gasteiger partial charge is 0.366 e. The Labute approximate surface area is 189 Å². The second kappa shape index (κ2) is 9.01. The Balaban J connectivity index is 1.52. The molecule has 0 radical (unpaired) electrons. The molecule has 0 spiro atoms. The van der Waals surface area contributed by atoms with Crippen molar-refractivity contribution in [1.82, 2.24) is 14.8 Å². The van der Waals surface area contributed by atoms with Gasteiger partial charge in [0.05, 0.1) is 12.1 Å². The fraction of sp³-hybridized carbons (Fsp3) is 0.292. The van der Waals surface area contributed by atoms with Crippen LogP contribution in [0, 0.1) is 12.7 Å². The van der Waals surface area contributed by atoms with Crippen molar-refractivity contribution >= 4 is 28.6 Å². The van der Waals surface area contributed by atoms with Crippen LogP contribution in [0.1, 0.15) is 27.9 Å². The van der Waals surface area contributed by atoms with Crippen molar-refractivity contribution in [2.45, 2.75) is 38.6 Å². The molecule has 3 N–H and O–H groups in total. The average molecular weight is 454 g/mol. The molecule has 7 nitrogen and oxygen atoms in total. The number of carbonyl (C=O) groups is 3. The molecule has 4 rings (SSSR count). The number of primary amides is 1. The van der Waals surface area contributed by atoms with Gasteiger partial charge in [0.15, 0.2) is 0 Å². The number of halogens is 2. The maximum absolute atomic E-state index is 14.2. The van der Waals surface area contributed by atoms with Crippen LogP contribution in [0.25, 0.3) is 10.9 Å². The number of benzene rings is 2. The van der Waals surface area contributed by atoms with Gasteiger partial charge in [-0.1, -0.05) is 29.8 Å². The third-order valence-electron chi connectivity index (χ3n) is 5.89. The highest BCUT2D eigenvalue weighted by atomic mass is 19.1. The summed E-state index contributed by atoms with van der Waals surface area (Å²) in [6.45, 7) is 1.42. The number of carbonyl (C=O) groups excluding carboxylic acids is 3. The summed E-state index contributed by atoms with van der Waals surface area (Å²) < 4.78 is 29.6. The second-order valence-electron chi connectivity index (χ2n) is 8.26. The number of nitrogens with two attached hydrogens (primary N) is 1. The first-order valence-corrected chi connectivity index (χ1v) is 10.6. The number of nitrogens with zero attached hydrogens (tertiary/aromatic N) is 2. The molecule has 1 aliphatic rings. The van der Waals surface area contributed by atoms with Gasteiger partial charge < -0.3 is 20.5 Å². The molecule has 2 aromatic carbocycles. The van der Waals surface area contributed by atoms with Crippen molar-refractivity contribution in [3.8, 4) is 0 Å². The molecule has 1 fully saturated rings. The number of aromatic nitrogens is 1. The van der Waals surface area contributed by atoms with Gasteiger partial charge in [0, 0.05) is 35.6 Å². The van der Waals surface area contributed by atoms with Crippen molar-refractivity contribution in [3.05, 3.63) is 71.2 Å². The van der Waals surface area contributed by atoms with Crippen molar-refractivity contribution in [1.29, 1.82) is 0 Å². The minimum Gasteiger partial charge on any atom is -0.366 e. The number of rotatable bonds is 6. The number of amides is 3. The number of hydrogen-bond acceptors (Lipinski definition) is 3. The normalized spacial score (nSPS) is 18.0. The van der Waals surface area contributed by atoms with Crippen LogP contribution in [-0.4, -0.2) is 45.9 Å². The van der Waals surface area contributed by atoms with Crippen LogP contribution in [0.4, 0.5) is 8.78 Å². The zero-order valence-corrected chi connectivity index (χ0v) is 18.1. The zero-order valence-electron chi connectivity index (χ0n) is 18.1. The maximum atomic E-state index is 14.2. The molecule has 33 heavy (non-hydrogen) atoms. The van der Waals surface area contributed by atoms with Gasteiger partial charge in [-0.25, -0.2) is 8.78 Å². The molecule has 3 aromatic rings. The van der Waals surface area contributed by atoms with Crippen LogP contribution < -0.4 is 11.1 Å². The highest BCUT2D eigenvalue weighted by Gasteiger charge is 2.39. The van der Waals surface area contributed by atoms with Crippen molar-refractivity contribution in [2.75, 3.05) is 6.54 Å². The van der Waals surface area contributed by atoms with Crippen molar-refractivity contribution < 1.29 is 23.2 Å². The third kappa shape index (κ3) is 4.57. The predicted octanol–water partition coefficient (Wildman–Crippen LogP) is 2.44. The number of likely N-dealkylation sites (tertiary alicyclic amines) is 1. The van der Waals surface area contributed by atoms with E-state index in [4.69, 9.17) is 5.73 Å². The van der Waals surface area contributed by atoms with E-state index in [9.17, 15) is 23.2 Å². The van der Waals surface area contributed by atoms with Gasteiger partial charge in [-0.2, -0.15) is 0 Å². The van der Waals surface area contributed by atoms with E-state index < -0.39 is 35.8 Å². The number of aryl methyl sites for hydroxylation is 1. The topological polar surface area (TPSA) is 97.4 Å². The Hall–Kier alpha value is -3.75. The number of nitrogens with one attached hydrogen (secondary N) is 1. The van der Waals surface area contributed by atoms with Crippen molar-refractivity contribution in [2.24, 2.45) is 5.73 Å². The summed E-state index contributed by atoms with van der Waals surface area (Å²) >= 11 is 0. The molecule has 0 aliphatic carbocycles. The first kappa shape index (κ1) is 22.4. The molecule has 0 saturated carbocycles. The predicted molar refractivity (Wildman–Crippen MR) is 118 cm³/mol. The van der Waals surface area contributed by atoms with E-state index in [1.54, 1.807) is 28.8 Å². The van der Waals surface area contributed by atoms with Crippen LogP contribution in [0.2, 0.25) is 0 Å². The van der Waals surface area contributed by atoms with Gasteiger partial charge in [-0.15, -0.1) is 0 Å². The van der Waals surface area contributed by atoms with E-state index >= 15 is 0 Å². The lowest BCUT2D eigenvalue weighted by Crippen LogP contribution is -2.46. The Bertz CT molecular complexity index is 1240. The standard InChI is InChI=1S/C24H24F2N4O3/c1-14-6-7-20-17(8-14)18(23(27)32)12-29(20)13-22(31)30-11-16(25)9-21(30)24(33)28-10-15-4-2-3-5-19(15)26/h2-8,12,16,21H,9-11,13H2,1H3,(H2,27,32)(H,28,33)/t16-,21+/m1/s1. The third-order valence-corrected chi connectivity index (χ3v) is 5.89. The lowest BCUT2D eigenvalue weighted by Gasteiger charge is -2.24. The minimum absolute atomic E-state index is 0.0649. The average Bonchev–Trinajstić information content (AvgIpc) is 3.33. The molecule has 1 aliphatic heterocycles. The van der Waals surface area contributed by atoms with Gasteiger partial charge in [0.2, 0.25) is 11.8 Å². The Morgan fingerprint density at radius 3 is 2.67 bits per heavy atom. The van der Waals surface area contributed by atoms with Gasteiger partial charge in [0.1, 0.15) is 24.6 Å². The van der Waals surface area contributed by atoms with E-state index in [1.165, 1.54) is 17.2 Å². The summed E-state index contributed by atoms with van der Waals surface area (Å²) in [5, 5.41) is 3.22. The van der Waals surface area contributed by atoms with Gasteiger partial charge in [-0.05, 0) is 25.1 Å². The van der Waals surface area contributed by atoms with Gasteiger partial charge in [0.25, 0.3) is 5.91 Å². The number of fused-ring (bicyclic) bond motifs is 1. The van der Waals surface area contributed by atoms with Crippen LogP contribution >= 0.6 is 0 Å². The molecule has 1 saturated heterocycles. The van der Waals surface area contributed by atoms with E-state index in [-0.39, 0.29) is 31.6 Å². The molecule has 2 heterocycles. The summed E-state index contributed by atoms with van der Waals surface area (Å²) in [4.78, 5) is 38.9. The van der Waals surface area contributed by atoms with Gasteiger partial charge >= 0.3 is 0 Å². The molecule has 9 heteroatoms. The highest BCUT2D eigenvalue weighted by Crippen LogP contribution is 2.25. The Morgan fingerprint density at radius 2 is 1.94 bits per heavy atom. The summed E-state index contributed by atoms with van der Waals surface area (Å²) in [6.07, 6.45) is 0.0246. The second-order valence-corrected chi connectivity index (χ2v) is 8.26. The highest BCUT2D eigenvalue weighted by molar-refractivity contribution is 6.06. The van der Waals surface area contributed by atoms with E-state index in [1.807, 2.05) is 19.1 Å². The Morgan fingerprint density at radius 1 is 1.18 bits per heavy atom. The van der Waals surface area contributed by atoms with Gasteiger partial charge in [-0.3, -0.25) is 14.4 Å². The summed E-state index contributed by atoms with van der Waals surface area (Å²) in [7, 11) is 0. The fourth-order valence-electron chi connectivity index (χ4n) is 4.23. The monoisotopic (exact) mass is 454 g/mol. The SMILES string of the molecule is Cc1ccc2c(c1)c(C(N)=O)cn2CC(=O)N1C[C@H](F)C[C@H]1C(=O)NCc1ccccc1F. The number of alkyl halides is 1. The molecular formula is C24H24F2N4O3. The van der Waals surface area contributed by atoms with E-state index in [2.05, 4.69) is 5.32 Å². The van der Waals surface area contributed by atoms with Crippen LogP contribution in [0.15, 0.2) is 48.7 Å². The summed E-state index contributed by atoms with van der Waals surface area (Å²) in [6, 6.07) is 10.5. The van der Waals surface area contributed by atoms with E-state index in [0.29, 0.717) is 16.5 Å². The smallest absolute Gasteiger partial charge is 0.250 e. The zero-order chi connectivity index (χ0) is 23.7. The summed E-state index contributed by atoms with van der Waals surface area (Å²) in [5.41, 5.74) is 7.64. The molecule has 3 amide bonds. The Kier molecular flexibility index (Phi) is 6.13. The lowest BCUT2D eigenvalue weighted by molar-refractivity contribution is -0.139. The molecule has 0 unspecified atom stereocenters. The van der Waals surface area contributed by atoms with E-state index in [0.717, 1.165) is 5.56 Å². The van der Waals surface area contributed by atoms with Crippen LogP contribution in [0.5, 0.6) is 0 Å². The molecule has 1 aromatic heterocycles. The molecule has 0 bridgehead atoms. The molecule has 172 valence electrons. The lowest BCUT2D eigenvalue weighted by atomic mass is 10.1. The fourth-order valence-corrected chi connectivity index (χ4v) is 4.23. The van der Waals surface area contributed by atoms with Crippen LogP contribution in [0.3, 0.4) is 0 Å². The molecule has 2 atom stereocenters. The first-order valence-electron chi connectivity index (χ1n) is 10.6. The maximum Gasteiger partial charge on any atom is 0.250 e. The number of hydrogen-bond donors (Lipinski definition) is 2. The summed E-state index contributed by atoms with van der Waals surface area (Å²) in [5.74, 6) is -2.08. The minimum atomic E-state index is -1.34. The first-order chi connectivity index (χ1) is 15.7. The quantitative estimate of drug-likeness (QED) is 0.599.